The smallest absolute Gasteiger partial charge is 0.128 e. The van der Waals surface area contributed by atoms with Gasteiger partial charge >= 0.3 is 0 Å². The molecule has 0 N–H and O–H groups in total. The molecule has 0 amide bonds. The normalized spacial score (nSPS) is 20.9. The third-order valence-electron chi connectivity index (χ3n) is 3.39. The van der Waals surface area contributed by atoms with Crippen molar-refractivity contribution in [2.45, 2.75) is 18.9 Å². The number of aromatic nitrogens is 1. The van der Waals surface area contributed by atoms with Gasteiger partial charge in [0, 0.05) is 25.8 Å². The first kappa shape index (κ1) is 11.9. The van der Waals surface area contributed by atoms with Crippen LogP contribution in [0.4, 0.5) is 5.82 Å². The lowest BCUT2D eigenvalue weighted by Crippen LogP contribution is -2.45. The number of hydrogen-bond acceptors (Lipinski definition) is 4. The van der Waals surface area contributed by atoms with Crippen molar-refractivity contribution in [2.75, 3.05) is 32.1 Å². The number of hydrogen-bond donors (Lipinski definition) is 0. The Hall–Kier alpha value is -1.60. The van der Waals surface area contributed by atoms with Crippen molar-refractivity contribution in [1.29, 1.82) is 5.26 Å². The van der Waals surface area contributed by atoms with Gasteiger partial charge in [-0.15, -0.1) is 0 Å². The van der Waals surface area contributed by atoms with Gasteiger partial charge in [-0.3, -0.25) is 0 Å². The monoisotopic (exact) mass is 230 g/mol. The summed E-state index contributed by atoms with van der Waals surface area (Å²) >= 11 is 0. The highest BCUT2D eigenvalue weighted by Gasteiger charge is 2.21. The Kier molecular flexibility index (Phi) is 3.60. The predicted octanol–water partition coefficient (Wildman–Crippen LogP) is 1.48. The van der Waals surface area contributed by atoms with Crippen LogP contribution in [-0.4, -0.2) is 43.1 Å². The lowest BCUT2D eigenvalue weighted by molar-refractivity contribution is 0.247. The average molecular weight is 230 g/mol. The molecule has 2 rings (SSSR count). The zero-order chi connectivity index (χ0) is 12.3. The van der Waals surface area contributed by atoms with E-state index in [1.54, 1.807) is 6.20 Å². The van der Waals surface area contributed by atoms with E-state index >= 15 is 0 Å². The summed E-state index contributed by atoms with van der Waals surface area (Å²) in [6.07, 6.45) is 4.09. The molecule has 1 unspecified atom stereocenters. The standard InChI is InChI=1S/C13H18N4/c1-16-7-3-4-12(10-16)17(2)13-6-5-11(8-14)9-15-13/h5-6,9,12H,3-4,7,10H2,1-2H3. The van der Waals surface area contributed by atoms with Gasteiger partial charge < -0.3 is 9.80 Å². The van der Waals surface area contributed by atoms with E-state index in [0.717, 1.165) is 12.4 Å². The number of pyridine rings is 1. The average Bonchev–Trinajstić information content (AvgIpc) is 2.38. The molecule has 1 atom stereocenters. The highest BCUT2D eigenvalue weighted by molar-refractivity contribution is 5.42. The number of nitriles is 1. The van der Waals surface area contributed by atoms with Gasteiger partial charge in [-0.1, -0.05) is 0 Å². The Morgan fingerprint density at radius 2 is 2.35 bits per heavy atom. The van der Waals surface area contributed by atoms with Crippen molar-refractivity contribution < 1.29 is 0 Å². The maximum atomic E-state index is 8.74. The van der Waals surface area contributed by atoms with Crippen molar-refractivity contribution in [1.82, 2.24) is 9.88 Å². The highest BCUT2D eigenvalue weighted by Crippen LogP contribution is 2.19. The topological polar surface area (TPSA) is 43.2 Å². The SMILES string of the molecule is CN1CCCC(N(C)c2ccc(C#N)cn2)C1. The third kappa shape index (κ3) is 2.75. The Balaban J connectivity index is 2.07. The number of anilines is 1. The lowest BCUT2D eigenvalue weighted by Gasteiger charge is -2.36. The van der Waals surface area contributed by atoms with Crippen LogP contribution in [-0.2, 0) is 0 Å². The van der Waals surface area contributed by atoms with Gasteiger partial charge in [-0.2, -0.15) is 5.26 Å². The maximum Gasteiger partial charge on any atom is 0.128 e. The highest BCUT2D eigenvalue weighted by atomic mass is 15.2. The Morgan fingerprint density at radius 1 is 1.53 bits per heavy atom. The summed E-state index contributed by atoms with van der Waals surface area (Å²) in [5.74, 6) is 0.948. The second kappa shape index (κ2) is 5.15. The van der Waals surface area contributed by atoms with Gasteiger partial charge in [0.05, 0.1) is 5.56 Å². The summed E-state index contributed by atoms with van der Waals surface area (Å²) in [4.78, 5) is 8.91. The van der Waals surface area contributed by atoms with Gasteiger partial charge in [0.1, 0.15) is 11.9 Å². The fourth-order valence-corrected chi connectivity index (χ4v) is 2.30. The van der Waals surface area contributed by atoms with Crippen LogP contribution >= 0.6 is 0 Å². The minimum absolute atomic E-state index is 0.522. The van der Waals surface area contributed by atoms with Crippen LogP contribution in [0.1, 0.15) is 18.4 Å². The van der Waals surface area contributed by atoms with Gasteiger partial charge in [0.2, 0.25) is 0 Å². The molecule has 4 heteroatoms. The molecule has 1 aliphatic rings. The quantitative estimate of drug-likeness (QED) is 0.772. The Morgan fingerprint density at radius 3 is 2.94 bits per heavy atom. The first-order valence-corrected chi connectivity index (χ1v) is 5.98. The van der Waals surface area contributed by atoms with E-state index in [9.17, 15) is 0 Å². The Labute approximate surface area is 102 Å². The maximum absolute atomic E-state index is 8.74. The molecular formula is C13H18N4. The fourth-order valence-electron chi connectivity index (χ4n) is 2.30. The van der Waals surface area contributed by atoms with Crippen LogP contribution in [0.15, 0.2) is 18.3 Å². The van der Waals surface area contributed by atoms with Crippen molar-refractivity contribution in [3.05, 3.63) is 23.9 Å². The first-order chi connectivity index (χ1) is 8.20. The molecule has 0 bridgehead atoms. The molecule has 0 aromatic carbocycles. The molecule has 0 saturated carbocycles. The zero-order valence-corrected chi connectivity index (χ0v) is 10.4. The molecule has 1 saturated heterocycles. The summed E-state index contributed by atoms with van der Waals surface area (Å²) in [7, 11) is 4.24. The van der Waals surface area contributed by atoms with Gasteiger partial charge in [-0.25, -0.2) is 4.98 Å². The van der Waals surface area contributed by atoms with E-state index < -0.39 is 0 Å². The predicted molar refractivity (Wildman–Crippen MR) is 67.9 cm³/mol. The molecule has 0 aliphatic carbocycles. The first-order valence-electron chi connectivity index (χ1n) is 5.98. The summed E-state index contributed by atoms with van der Waals surface area (Å²) < 4.78 is 0. The number of nitrogens with zero attached hydrogens (tertiary/aromatic N) is 4. The van der Waals surface area contributed by atoms with Crippen LogP contribution in [0.5, 0.6) is 0 Å². The number of piperidine rings is 1. The van der Waals surface area contributed by atoms with Crippen LogP contribution in [0.2, 0.25) is 0 Å². The molecule has 0 spiro atoms. The molecule has 4 nitrogen and oxygen atoms in total. The molecule has 1 aromatic rings. The van der Waals surface area contributed by atoms with E-state index in [1.165, 1.54) is 19.4 Å². The van der Waals surface area contributed by atoms with Crippen molar-refractivity contribution in [3.63, 3.8) is 0 Å². The number of rotatable bonds is 2. The van der Waals surface area contributed by atoms with E-state index in [0.29, 0.717) is 11.6 Å². The van der Waals surface area contributed by atoms with E-state index in [4.69, 9.17) is 5.26 Å². The van der Waals surface area contributed by atoms with Crippen molar-refractivity contribution >= 4 is 5.82 Å². The van der Waals surface area contributed by atoms with Gasteiger partial charge in [0.15, 0.2) is 0 Å². The third-order valence-corrected chi connectivity index (χ3v) is 3.39. The van der Waals surface area contributed by atoms with Crippen LogP contribution in [0.25, 0.3) is 0 Å². The second-order valence-electron chi connectivity index (χ2n) is 4.69. The van der Waals surface area contributed by atoms with Crippen molar-refractivity contribution in [3.8, 4) is 6.07 Å². The van der Waals surface area contributed by atoms with Gasteiger partial charge in [0.25, 0.3) is 0 Å². The largest absolute Gasteiger partial charge is 0.355 e. The Bertz CT molecular complexity index is 406. The van der Waals surface area contributed by atoms with E-state index in [1.807, 2.05) is 12.1 Å². The summed E-state index contributed by atoms with van der Waals surface area (Å²) in [6.45, 7) is 2.27. The van der Waals surface area contributed by atoms with E-state index in [-0.39, 0.29) is 0 Å². The molecule has 17 heavy (non-hydrogen) atoms. The molecule has 90 valence electrons. The minimum Gasteiger partial charge on any atom is -0.355 e. The number of likely N-dealkylation sites (N-methyl/N-ethyl adjacent to an activating group) is 2. The van der Waals surface area contributed by atoms with Gasteiger partial charge in [-0.05, 0) is 38.6 Å². The molecule has 2 heterocycles. The molecular weight excluding hydrogens is 212 g/mol. The molecule has 1 aliphatic heterocycles. The molecule has 0 radical (unpaired) electrons. The fraction of sp³-hybridized carbons (Fsp3) is 0.538. The number of likely N-dealkylation sites (tertiary alicyclic amines) is 1. The van der Waals surface area contributed by atoms with E-state index in [2.05, 4.69) is 34.9 Å². The van der Waals surface area contributed by atoms with Crippen molar-refractivity contribution in [2.24, 2.45) is 0 Å². The summed E-state index contributed by atoms with van der Waals surface area (Å²) in [5.41, 5.74) is 0.614. The lowest BCUT2D eigenvalue weighted by atomic mass is 10.1. The molecule has 1 aromatic heterocycles. The van der Waals surface area contributed by atoms with Crippen LogP contribution in [0.3, 0.4) is 0 Å². The summed E-state index contributed by atoms with van der Waals surface area (Å²) in [5, 5.41) is 8.74. The van der Waals surface area contributed by atoms with Crippen LogP contribution in [0, 0.1) is 11.3 Å². The second-order valence-corrected chi connectivity index (χ2v) is 4.69. The minimum atomic E-state index is 0.522. The molecule has 1 fully saturated rings. The zero-order valence-electron chi connectivity index (χ0n) is 10.4. The van der Waals surface area contributed by atoms with Crippen LogP contribution < -0.4 is 4.90 Å². The summed E-state index contributed by atoms with van der Waals surface area (Å²) in [6, 6.07) is 6.36.